The Morgan fingerprint density at radius 3 is 2.40 bits per heavy atom. The average molecular weight is 474 g/mol. The molecule has 0 fully saturated rings. The molecule has 1 atom stereocenters. The number of amides is 2. The van der Waals surface area contributed by atoms with Crippen molar-refractivity contribution in [2.75, 3.05) is 7.11 Å². The highest BCUT2D eigenvalue weighted by Gasteiger charge is 2.21. The second-order valence-corrected chi connectivity index (χ2v) is 7.56. The van der Waals surface area contributed by atoms with Gasteiger partial charge in [0, 0.05) is 11.8 Å². The topological polar surface area (TPSA) is 94.5 Å². The van der Waals surface area contributed by atoms with Gasteiger partial charge in [0.1, 0.15) is 23.0 Å². The maximum atomic E-state index is 13.1. The quantitative estimate of drug-likeness (QED) is 0.396. The first kappa shape index (κ1) is 23.5. The molecule has 1 aromatic heterocycles. The molecule has 8 nitrogen and oxygen atoms in total. The van der Waals surface area contributed by atoms with Gasteiger partial charge in [0.05, 0.1) is 18.4 Å². The van der Waals surface area contributed by atoms with Gasteiger partial charge >= 0.3 is 0 Å². The molecular formula is C26H23FN4O4. The molecule has 0 spiro atoms. The Kier molecular flexibility index (Phi) is 7.06. The first-order valence-corrected chi connectivity index (χ1v) is 10.8. The van der Waals surface area contributed by atoms with Crippen LogP contribution in [0.1, 0.15) is 17.3 Å². The molecule has 2 amide bonds. The Morgan fingerprint density at radius 1 is 0.943 bits per heavy atom. The zero-order chi connectivity index (χ0) is 24.8. The number of carbonyl (C=O) groups excluding carboxylic acids is 2. The largest absolute Gasteiger partial charge is 0.497 e. The number of ether oxygens (including phenoxy) is 2. The third-order valence-electron chi connectivity index (χ3n) is 5.12. The molecule has 9 heteroatoms. The minimum Gasteiger partial charge on any atom is -0.497 e. The smallest absolute Gasteiger partial charge is 0.279 e. The van der Waals surface area contributed by atoms with Crippen LogP contribution in [0.15, 0.2) is 85.1 Å². The van der Waals surface area contributed by atoms with Crippen molar-refractivity contribution in [3.63, 3.8) is 0 Å². The van der Waals surface area contributed by atoms with E-state index in [1.54, 1.807) is 36.2 Å². The number of aromatic nitrogens is 2. The number of hydrogen-bond acceptors (Lipinski definition) is 5. The average Bonchev–Trinajstić information content (AvgIpc) is 3.35. The highest BCUT2D eigenvalue weighted by molar-refractivity contribution is 6.01. The monoisotopic (exact) mass is 474 g/mol. The van der Waals surface area contributed by atoms with Crippen molar-refractivity contribution in [3.8, 4) is 28.4 Å². The van der Waals surface area contributed by atoms with Crippen LogP contribution < -0.4 is 20.3 Å². The molecule has 178 valence electrons. The fourth-order valence-corrected chi connectivity index (χ4v) is 3.29. The summed E-state index contributed by atoms with van der Waals surface area (Å²) in [6, 6.07) is 21.8. The number of halogens is 1. The van der Waals surface area contributed by atoms with Crippen molar-refractivity contribution in [1.29, 1.82) is 0 Å². The maximum absolute atomic E-state index is 13.1. The van der Waals surface area contributed by atoms with E-state index < -0.39 is 23.7 Å². The molecule has 1 heterocycles. The summed E-state index contributed by atoms with van der Waals surface area (Å²) < 4.78 is 25.4. The van der Waals surface area contributed by atoms with Crippen LogP contribution in [0.25, 0.3) is 16.9 Å². The molecule has 35 heavy (non-hydrogen) atoms. The molecule has 0 aliphatic heterocycles. The van der Waals surface area contributed by atoms with E-state index in [1.807, 2.05) is 36.4 Å². The number of para-hydroxylation sites is 1. The molecule has 0 aliphatic rings. The summed E-state index contributed by atoms with van der Waals surface area (Å²) in [6.45, 7) is 1.51. The van der Waals surface area contributed by atoms with E-state index in [0.717, 1.165) is 5.69 Å². The lowest BCUT2D eigenvalue weighted by Gasteiger charge is -2.15. The minimum atomic E-state index is -0.939. The van der Waals surface area contributed by atoms with Gasteiger partial charge in [-0.2, -0.15) is 5.10 Å². The van der Waals surface area contributed by atoms with E-state index in [0.29, 0.717) is 22.8 Å². The number of methoxy groups -OCH3 is 1. The van der Waals surface area contributed by atoms with Gasteiger partial charge < -0.3 is 9.47 Å². The Balaban J connectivity index is 1.53. The first-order valence-electron chi connectivity index (χ1n) is 10.8. The molecule has 0 saturated heterocycles. The summed E-state index contributed by atoms with van der Waals surface area (Å²) in [7, 11) is 1.56. The van der Waals surface area contributed by atoms with Gasteiger partial charge in [-0.05, 0) is 55.5 Å². The number of carbonyl (C=O) groups is 2. The molecule has 4 rings (SSSR count). The molecule has 0 saturated carbocycles. The Labute approximate surface area is 201 Å². The number of hydrogen-bond donors (Lipinski definition) is 2. The minimum absolute atomic E-state index is 0.245. The first-order chi connectivity index (χ1) is 16.9. The van der Waals surface area contributed by atoms with Gasteiger partial charge in [-0.25, -0.2) is 9.07 Å². The normalized spacial score (nSPS) is 11.4. The lowest BCUT2D eigenvalue weighted by Crippen LogP contribution is -2.47. The number of benzene rings is 3. The molecular weight excluding hydrogens is 451 g/mol. The van der Waals surface area contributed by atoms with Crippen LogP contribution in [-0.4, -0.2) is 34.8 Å². The summed E-state index contributed by atoms with van der Waals surface area (Å²) in [6.07, 6.45) is 0.648. The van der Waals surface area contributed by atoms with Crippen molar-refractivity contribution in [1.82, 2.24) is 20.6 Å². The van der Waals surface area contributed by atoms with Gasteiger partial charge in [0.2, 0.25) is 0 Å². The van der Waals surface area contributed by atoms with Crippen LogP contribution in [0, 0.1) is 5.82 Å². The van der Waals surface area contributed by atoms with Crippen molar-refractivity contribution in [3.05, 3.63) is 96.4 Å². The standard InChI is InChI=1S/C26H23FN4O4/c1-17(35-21-13-11-19(27)12-14-21)25(32)28-29-26(33)23-16-31(20-8-4-3-5-9-20)30-24(23)18-7-6-10-22(15-18)34-2/h3-17H,1-2H3,(H,28,32)(H,29,33). The van der Waals surface area contributed by atoms with Gasteiger partial charge in [-0.1, -0.05) is 30.3 Å². The van der Waals surface area contributed by atoms with E-state index in [9.17, 15) is 14.0 Å². The number of hydrazine groups is 1. The van der Waals surface area contributed by atoms with Gasteiger partial charge in [-0.15, -0.1) is 0 Å². The van der Waals surface area contributed by atoms with Crippen LogP contribution in [0.2, 0.25) is 0 Å². The summed E-state index contributed by atoms with van der Waals surface area (Å²) in [5.41, 5.74) is 6.87. The summed E-state index contributed by atoms with van der Waals surface area (Å²) in [5, 5.41) is 4.60. The van der Waals surface area contributed by atoms with Crippen LogP contribution >= 0.6 is 0 Å². The van der Waals surface area contributed by atoms with Crippen molar-refractivity contribution >= 4 is 11.8 Å². The van der Waals surface area contributed by atoms with Crippen molar-refractivity contribution < 1.29 is 23.5 Å². The number of rotatable bonds is 7. The third-order valence-corrected chi connectivity index (χ3v) is 5.12. The van der Waals surface area contributed by atoms with Crippen molar-refractivity contribution in [2.24, 2.45) is 0 Å². The van der Waals surface area contributed by atoms with E-state index in [4.69, 9.17) is 9.47 Å². The van der Waals surface area contributed by atoms with Crippen LogP contribution in [0.5, 0.6) is 11.5 Å². The molecule has 0 bridgehead atoms. The fraction of sp³-hybridized carbons (Fsp3) is 0.115. The Bertz CT molecular complexity index is 1320. The second-order valence-electron chi connectivity index (χ2n) is 7.56. The highest BCUT2D eigenvalue weighted by Crippen LogP contribution is 2.27. The Hall–Kier alpha value is -4.66. The molecule has 1 unspecified atom stereocenters. The van der Waals surface area contributed by atoms with Gasteiger partial charge in [-0.3, -0.25) is 20.4 Å². The summed E-state index contributed by atoms with van der Waals surface area (Å²) >= 11 is 0. The number of nitrogens with one attached hydrogen (secondary N) is 2. The number of nitrogens with zero attached hydrogens (tertiary/aromatic N) is 2. The maximum Gasteiger partial charge on any atom is 0.279 e. The second kappa shape index (κ2) is 10.5. The third kappa shape index (κ3) is 5.64. The van der Waals surface area contributed by atoms with Crippen LogP contribution in [0.3, 0.4) is 0 Å². The van der Waals surface area contributed by atoms with E-state index in [1.165, 1.54) is 31.2 Å². The van der Waals surface area contributed by atoms with Crippen LogP contribution in [-0.2, 0) is 4.79 Å². The lowest BCUT2D eigenvalue weighted by atomic mass is 10.1. The van der Waals surface area contributed by atoms with Crippen molar-refractivity contribution in [2.45, 2.75) is 13.0 Å². The lowest BCUT2D eigenvalue weighted by molar-refractivity contribution is -0.128. The molecule has 3 aromatic carbocycles. The highest BCUT2D eigenvalue weighted by atomic mass is 19.1. The molecule has 0 aliphatic carbocycles. The molecule has 2 N–H and O–H groups in total. The fourth-order valence-electron chi connectivity index (χ4n) is 3.29. The molecule has 4 aromatic rings. The van der Waals surface area contributed by atoms with E-state index in [-0.39, 0.29) is 5.56 Å². The van der Waals surface area contributed by atoms with Gasteiger partial charge in [0.15, 0.2) is 6.10 Å². The van der Waals surface area contributed by atoms with E-state index in [2.05, 4.69) is 16.0 Å². The predicted octanol–water partition coefficient (Wildman–Crippen LogP) is 3.92. The van der Waals surface area contributed by atoms with Crippen LogP contribution in [0.4, 0.5) is 4.39 Å². The Morgan fingerprint density at radius 2 is 1.69 bits per heavy atom. The predicted molar refractivity (Wildman–Crippen MR) is 128 cm³/mol. The van der Waals surface area contributed by atoms with E-state index >= 15 is 0 Å². The van der Waals surface area contributed by atoms with Gasteiger partial charge in [0.25, 0.3) is 11.8 Å². The zero-order valence-electron chi connectivity index (χ0n) is 19.1. The zero-order valence-corrected chi connectivity index (χ0v) is 19.1. The summed E-state index contributed by atoms with van der Waals surface area (Å²) in [4.78, 5) is 25.5. The summed E-state index contributed by atoms with van der Waals surface area (Å²) in [5.74, 6) is -0.619. The molecule has 0 radical (unpaired) electrons. The SMILES string of the molecule is COc1cccc(-c2nn(-c3ccccc3)cc2C(=O)NNC(=O)C(C)Oc2ccc(F)cc2)c1.